The lowest BCUT2D eigenvalue weighted by molar-refractivity contribution is -0.139. The smallest absolute Gasteiger partial charge is 0.225 e. The van der Waals surface area contributed by atoms with Crippen LogP contribution in [0.4, 0.5) is 0 Å². The highest BCUT2D eigenvalue weighted by Crippen LogP contribution is 2.32. The van der Waals surface area contributed by atoms with Gasteiger partial charge in [0.1, 0.15) is 0 Å². The van der Waals surface area contributed by atoms with Gasteiger partial charge in [-0.15, -0.1) is 0 Å². The van der Waals surface area contributed by atoms with Crippen LogP contribution in [0.2, 0.25) is 0 Å². The molecule has 2 heterocycles. The molecule has 21 heavy (non-hydrogen) atoms. The highest BCUT2D eigenvalue weighted by atomic mass is 16.2. The zero-order chi connectivity index (χ0) is 14.7. The third-order valence-corrected chi connectivity index (χ3v) is 5.97. The Morgan fingerprint density at radius 2 is 1.52 bits per heavy atom. The van der Waals surface area contributed by atoms with Crippen LogP contribution < -0.4 is 5.32 Å². The predicted octanol–water partition coefficient (Wildman–Crippen LogP) is 3.48. The third-order valence-electron chi connectivity index (χ3n) is 5.97. The number of carbonyl (C=O) groups excluding carboxylic acids is 1. The second-order valence-electron chi connectivity index (χ2n) is 7.43. The van der Waals surface area contributed by atoms with Crippen LogP contribution in [0.5, 0.6) is 0 Å². The molecule has 2 bridgehead atoms. The molecule has 2 atom stereocenters. The largest absolute Gasteiger partial charge is 0.340 e. The zero-order valence-corrected chi connectivity index (χ0v) is 13.7. The number of piperidine rings is 1. The maximum Gasteiger partial charge on any atom is 0.225 e. The van der Waals surface area contributed by atoms with E-state index in [0.717, 1.165) is 19.4 Å². The third kappa shape index (κ3) is 3.61. The van der Waals surface area contributed by atoms with Gasteiger partial charge in [-0.2, -0.15) is 0 Å². The normalized spacial score (nSPS) is 34.2. The molecule has 0 radical (unpaired) electrons. The minimum absolute atomic E-state index is 0.317. The van der Waals surface area contributed by atoms with E-state index in [2.05, 4.69) is 17.1 Å². The van der Waals surface area contributed by atoms with Crippen molar-refractivity contribution in [3.05, 3.63) is 0 Å². The fraction of sp³-hybridized carbons (Fsp3) is 0.944. The Kier molecular flexibility index (Phi) is 5.20. The molecule has 1 saturated carbocycles. The van der Waals surface area contributed by atoms with Gasteiger partial charge in [-0.1, -0.05) is 32.1 Å². The molecule has 0 spiro atoms. The molecule has 0 aromatic rings. The van der Waals surface area contributed by atoms with E-state index in [1.165, 1.54) is 57.8 Å². The maximum atomic E-state index is 13.0. The summed E-state index contributed by atoms with van der Waals surface area (Å²) < 4.78 is 0. The Morgan fingerprint density at radius 1 is 0.952 bits per heavy atom. The van der Waals surface area contributed by atoms with E-state index < -0.39 is 0 Å². The van der Waals surface area contributed by atoms with Gasteiger partial charge in [-0.25, -0.2) is 0 Å². The molecular formula is C18H32N2O. The van der Waals surface area contributed by atoms with Crippen LogP contribution in [0.3, 0.4) is 0 Å². The summed E-state index contributed by atoms with van der Waals surface area (Å²) in [7, 11) is 0. The average Bonchev–Trinajstić information content (AvgIpc) is 2.78. The molecular weight excluding hydrogens is 260 g/mol. The maximum absolute atomic E-state index is 13.0. The van der Waals surface area contributed by atoms with E-state index in [1.54, 1.807) is 0 Å². The van der Waals surface area contributed by atoms with Gasteiger partial charge >= 0.3 is 0 Å². The summed E-state index contributed by atoms with van der Waals surface area (Å²) in [5.41, 5.74) is 0. The lowest BCUT2D eigenvalue weighted by Crippen LogP contribution is -2.51. The fourth-order valence-electron chi connectivity index (χ4n) is 4.81. The van der Waals surface area contributed by atoms with E-state index in [4.69, 9.17) is 0 Å². The van der Waals surface area contributed by atoms with Crippen molar-refractivity contribution in [3.63, 3.8) is 0 Å². The molecule has 2 saturated heterocycles. The molecule has 3 aliphatic rings. The Labute approximate surface area is 129 Å². The monoisotopic (exact) mass is 292 g/mol. The Balaban J connectivity index is 1.62. The zero-order valence-electron chi connectivity index (χ0n) is 13.7. The van der Waals surface area contributed by atoms with Crippen LogP contribution in [-0.2, 0) is 4.79 Å². The van der Waals surface area contributed by atoms with Gasteiger partial charge in [0.05, 0.1) is 0 Å². The average molecular weight is 292 g/mol. The van der Waals surface area contributed by atoms with Crippen LogP contribution in [0.25, 0.3) is 0 Å². The van der Waals surface area contributed by atoms with Crippen molar-refractivity contribution in [1.29, 1.82) is 0 Å². The first-order valence-corrected chi connectivity index (χ1v) is 9.34. The molecule has 1 amide bonds. The number of nitrogens with one attached hydrogen (secondary N) is 1. The SMILES string of the molecule is CCN(C(=O)C1CCCCCCC1)C1CC2CCC(C1)N2. The van der Waals surface area contributed by atoms with Crippen LogP contribution in [0.15, 0.2) is 0 Å². The molecule has 3 fully saturated rings. The van der Waals surface area contributed by atoms with E-state index in [-0.39, 0.29) is 0 Å². The van der Waals surface area contributed by atoms with Gasteiger partial charge in [0.25, 0.3) is 0 Å². The molecule has 120 valence electrons. The lowest BCUT2D eigenvalue weighted by atomic mass is 9.88. The van der Waals surface area contributed by atoms with Crippen LogP contribution in [-0.4, -0.2) is 35.5 Å². The van der Waals surface area contributed by atoms with Crippen molar-refractivity contribution in [2.45, 2.75) is 95.7 Å². The minimum Gasteiger partial charge on any atom is -0.340 e. The van der Waals surface area contributed by atoms with Crippen LogP contribution in [0.1, 0.15) is 77.6 Å². The number of amides is 1. The highest BCUT2D eigenvalue weighted by Gasteiger charge is 2.38. The quantitative estimate of drug-likeness (QED) is 0.863. The van der Waals surface area contributed by atoms with Crippen molar-refractivity contribution in [2.75, 3.05) is 6.54 Å². The summed E-state index contributed by atoms with van der Waals surface area (Å²) in [5.74, 6) is 0.795. The topological polar surface area (TPSA) is 32.3 Å². The second-order valence-corrected chi connectivity index (χ2v) is 7.43. The van der Waals surface area contributed by atoms with E-state index in [1.807, 2.05) is 0 Å². The Morgan fingerprint density at radius 3 is 2.10 bits per heavy atom. The molecule has 3 heteroatoms. The number of nitrogens with zero attached hydrogens (tertiary/aromatic N) is 1. The summed E-state index contributed by atoms with van der Waals surface area (Å²) in [4.78, 5) is 15.3. The van der Waals surface area contributed by atoms with Gasteiger partial charge in [0.15, 0.2) is 0 Å². The molecule has 2 unspecified atom stereocenters. The number of rotatable bonds is 3. The number of hydrogen-bond acceptors (Lipinski definition) is 2. The van der Waals surface area contributed by atoms with E-state index in [9.17, 15) is 4.79 Å². The highest BCUT2D eigenvalue weighted by molar-refractivity contribution is 5.79. The summed E-state index contributed by atoms with van der Waals surface area (Å²) in [6, 6.07) is 1.85. The summed E-state index contributed by atoms with van der Waals surface area (Å²) >= 11 is 0. The number of hydrogen-bond donors (Lipinski definition) is 1. The standard InChI is InChI=1S/C18H32N2O/c1-2-20(17-12-15-10-11-16(13-17)19-15)18(21)14-8-6-4-3-5-7-9-14/h14-17,19H,2-13H2,1H3. The van der Waals surface area contributed by atoms with E-state index in [0.29, 0.717) is 30.0 Å². The second kappa shape index (κ2) is 7.13. The van der Waals surface area contributed by atoms with Crippen LogP contribution >= 0.6 is 0 Å². The fourth-order valence-corrected chi connectivity index (χ4v) is 4.81. The van der Waals surface area contributed by atoms with Crippen LogP contribution in [0, 0.1) is 5.92 Å². The summed E-state index contributed by atoms with van der Waals surface area (Å²) in [6.45, 7) is 3.07. The minimum atomic E-state index is 0.317. The van der Waals surface area contributed by atoms with Gasteiger partial charge in [0, 0.05) is 30.6 Å². The number of fused-ring (bicyclic) bond motifs is 2. The van der Waals surface area contributed by atoms with Gasteiger partial charge in [-0.3, -0.25) is 4.79 Å². The van der Waals surface area contributed by atoms with Crippen molar-refractivity contribution in [2.24, 2.45) is 5.92 Å². The van der Waals surface area contributed by atoms with Gasteiger partial charge in [-0.05, 0) is 45.4 Å². The lowest BCUT2D eigenvalue weighted by Gasteiger charge is -2.39. The first kappa shape index (κ1) is 15.3. The van der Waals surface area contributed by atoms with Crippen molar-refractivity contribution in [1.82, 2.24) is 10.2 Å². The molecule has 3 nitrogen and oxygen atoms in total. The van der Waals surface area contributed by atoms with Gasteiger partial charge < -0.3 is 10.2 Å². The van der Waals surface area contributed by atoms with Gasteiger partial charge in [0.2, 0.25) is 5.91 Å². The molecule has 2 aliphatic heterocycles. The molecule has 3 rings (SSSR count). The molecule has 1 N–H and O–H groups in total. The Bertz CT molecular complexity index is 337. The van der Waals surface area contributed by atoms with E-state index >= 15 is 0 Å². The van der Waals surface area contributed by atoms with Crippen molar-refractivity contribution >= 4 is 5.91 Å². The summed E-state index contributed by atoms with van der Waals surface area (Å²) in [6.07, 6.45) is 13.8. The predicted molar refractivity (Wildman–Crippen MR) is 86.2 cm³/mol. The molecule has 0 aromatic heterocycles. The summed E-state index contributed by atoms with van der Waals surface area (Å²) in [5, 5.41) is 3.70. The first-order valence-electron chi connectivity index (χ1n) is 9.34. The molecule has 1 aliphatic carbocycles. The van der Waals surface area contributed by atoms with Crippen molar-refractivity contribution < 1.29 is 4.79 Å². The number of carbonyl (C=O) groups is 1. The first-order chi connectivity index (χ1) is 10.3. The van der Waals surface area contributed by atoms with Crippen molar-refractivity contribution in [3.8, 4) is 0 Å². The Hall–Kier alpha value is -0.570. The molecule has 0 aromatic carbocycles.